The van der Waals surface area contributed by atoms with Crippen LogP contribution in [-0.2, 0) is 0 Å². The van der Waals surface area contributed by atoms with Gasteiger partial charge >= 0.3 is 0 Å². The molecule has 0 saturated carbocycles. The molecule has 0 radical (unpaired) electrons. The van der Waals surface area contributed by atoms with Gasteiger partial charge in [0.1, 0.15) is 11.5 Å². The van der Waals surface area contributed by atoms with Crippen LogP contribution < -0.4 is 10.5 Å². The zero-order valence-corrected chi connectivity index (χ0v) is 11.3. The van der Waals surface area contributed by atoms with Crippen molar-refractivity contribution in [3.63, 3.8) is 0 Å². The first kappa shape index (κ1) is 14.3. The molecule has 2 aromatic rings. The van der Waals surface area contributed by atoms with E-state index in [1.165, 1.54) is 31.2 Å². The molecule has 5 heteroatoms. The molecule has 0 heterocycles. The number of amides is 1. The van der Waals surface area contributed by atoms with E-state index >= 15 is 0 Å². The number of hydrogen-bond acceptors (Lipinski definition) is 4. The van der Waals surface area contributed by atoms with E-state index in [2.05, 4.69) is 0 Å². The first-order chi connectivity index (χ1) is 10.0. The van der Waals surface area contributed by atoms with Crippen LogP contribution in [0.4, 0.5) is 0 Å². The monoisotopic (exact) mass is 280 g/mol. The highest BCUT2D eigenvalue weighted by molar-refractivity contribution is 5.98. The third-order valence-electron chi connectivity index (χ3n) is 2.86. The number of nitrogens with zero attached hydrogens (tertiary/aromatic N) is 1. The molecule has 2 N–H and O–H groups in total. The Kier molecular flexibility index (Phi) is 4.00. The van der Waals surface area contributed by atoms with E-state index < -0.39 is 5.91 Å². The Hall–Kier alpha value is -3.13. The largest absolute Gasteiger partial charge is 0.456 e. The summed E-state index contributed by atoms with van der Waals surface area (Å²) >= 11 is 0. The summed E-state index contributed by atoms with van der Waals surface area (Å²) in [6, 6.07) is 12.9. The first-order valence-corrected chi connectivity index (χ1v) is 6.14. The van der Waals surface area contributed by atoms with Gasteiger partial charge in [0.2, 0.25) is 0 Å². The fourth-order valence-electron chi connectivity index (χ4n) is 1.84. The lowest BCUT2D eigenvalue weighted by molar-refractivity contribution is 0.0996. The zero-order valence-electron chi connectivity index (χ0n) is 11.3. The minimum Gasteiger partial charge on any atom is -0.456 e. The lowest BCUT2D eigenvalue weighted by atomic mass is 10.1. The van der Waals surface area contributed by atoms with Crippen LogP contribution in [0, 0.1) is 11.3 Å². The number of para-hydroxylation sites is 1. The molecule has 2 rings (SSSR count). The molecule has 0 bridgehead atoms. The Morgan fingerprint density at radius 2 is 1.81 bits per heavy atom. The fourth-order valence-corrected chi connectivity index (χ4v) is 1.84. The number of primary amides is 1. The Balaban J connectivity index is 2.51. The van der Waals surface area contributed by atoms with Crippen LogP contribution in [0.5, 0.6) is 11.5 Å². The van der Waals surface area contributed by atoms with Gasteiger partial charge in [-0.25, -0.2) is 0 Å². The van der Waals surface area contributed by atoms with Gasteiger partial charge in [-0.3, -0.25) is 9.59 Å². The number of ether oxygens (including phenoxy) is 1. The number of carbonyl (C=O) groups is 2. The summed E-state index contributed by atoms with van der Waals surface area (Å²) < 4.78 is 5.63. The van der Waals surface area contributed by atoms with Crippen LogP contribution in [0.25, 0.3) is 0 Å². The third kappa shape index (κ3) is 3.07. The highest BCUT2D eigenvalue weighted by atomic mass is 16.5. The molecule has 0 spiro atoms. The fraction of sp³-hybridized carbons (Fsp3) is 0.0625. The highest BCUT2D eigenvalue weighted by Crippen LogP contribution is 2.29. The Labute approximate surface area is 121 Å². The molecule has 0 aliphatic rings. The van der Waals surface area contributed by atoms with Gasteiger partial charge in [0.15, 0.2) is 5.78 Å². The van der Waals surface area contributed by atoms with Crippen molar-refractivity contribution in [2.75, 3.05) is 0 Å². The topological polar surface area (TPSA) is 93.2 Å². The van der Waals surface area contributed by atoms with Crippen LogP contribution in [0.3, 0.4) is 0 Å². The average molecular weight is 280 g/mol. The van der Waals surface area contributed by atoms with Crippen molar-refractivity contribution in [2.24, 2.45) is 5.73 Å². The van der Waals surface area contributed by atoms with Crippen molar-refractivity contribution in [1.82, 2.24) is 0 Å². The molecular formula is C16H12N2O3. The number of nitrogens with two attached hydrogens (primary N) is 1. The van der Waals surface area contributed by atoms with Gasteiger partial charge in [-0.1, -0.05) is 12.1 Å². The number of hydrogen-bond donors (Lipinski definition) is 1. The summed E-state index contributed by atoms with van der Waals surface area (Å²) in [5, 5.41) is 8.94. The van der Waals surface area contributed by atoms with Crippen LogP contribution in [0.1, 0.15) is 33.2 Å². The lowest BCUT2D eigenvalue weighted by Gasteiger charge is -2.12. The smallest absolute Gasteiger partial charge is 0.252 e. The SMILES string of the molecule is CC(=O)c1ccc(C#N)cc1Oc1ccccc1C(N)=O. The molecule has 0 aliphatic carbocycles. The molecule has 0 atom stereocenters. The lowest BCUT2D eigenvalue weighted by Crippen LogP contribution is -2.12. The maximum Gasteiger partial charge on any atom is 0.252 e. The predicted molar refractivity (Wildman–Crippen MR) is 76.2 cm³/mol. The summed E-state index contributed by atoms with van der Waals surface area (Å²) in [7, 11) is 0. The molecule has 21 heavy (non-hydrogen) atoms. The van der Waals surface area contributed by atoms with Crippen molar-refractivity contribution in [1.29, 1.82) is 5.26 Å². The molecular weight excluding hydrogens is 268 g/mol. The van der Waals surface area contributed by atoms with Gasteiger partial charge in [-0.2, -0.15) is 5.26 Å². The summed E-state index contributed by atoms with van der Waals surface area (Å²) in [4.78, 5) is 23.0. The Bertz CT molecular complexity index is 760. The summed E-state index contributed by atoms with van der Waals surface area (Å²) in [5.41, 5.74) is 6.17. The van der Waals surface area contributed by atoms with Crippen LogP contribution in [-0.4, -0.2) is 11.7 Å². The average Bonchev–Trinajstić information content (AvgIpc) is 2.47. The second-order valence-corrected chi connectivity index (χ2v) is 4.34. The number of benzene rings is 2. The maximum atomic E-state index is 11.6. The van der Waals surface area contributed by atoms with Crippen molar-refractivity contribution in [3.05, 3.63) is 59.2 Å². The van der Waals surface area contributed by atoms with Crippen molar-refractivity contribution in [2.45, 2.75) is 6.92 Å². The van der Waals surface area contributed by atoms with E-state index in [0.29, 0.717) is 11.1 Å². The van der Waals surface area contributed by atoms with Gasteiger partial charge in [-0.15, -0.1) is 0 Å². The van der Waals surface area contributed by atoms with E-state index in [1.54, 1.807) is 18.2 Å². The quantitative estimate of drug-likeness (QED) is 0.871. The number of rotatable bonds is 4. The number of Topliss-reactive ketones (excluding diaryl/α,β-unsaturated/α-hetero) is 1. The highest BCUT2D eigenvalue weighted by Gasteiger charge is 2.14. The molecule has 0 fully saturated rings. The summed E-state index contributed by atoms with van der Waals surface area (Å²) in [6.45, 7) is 1.40. The number of nitriles is 1. The van der Waals surface area contributed by atoms with E-state index in [1.807, 2.05) is 6.07 Å². The molecule has 104 valence electrons. The minimum absolute atomic E-state index is 0.203. The van der Waals surface area contributed by atoms with Crippen LogP contribution in [0.15, 0.2) is 42.5 Å². The molecule has 0 aliphatic heterocycles. The zero-order chi connectivity index (χ0) is 15.4. The summed E-state index contributed by atoms with van der Waals surface area (Å²) in [6.07, 6.45) is 0. The Morgan fingerprint density at radius 1 is 1.10 bits per heavy atom. The molecule has 5 nitrogen and oxygen atoms in total. The third-order valence-corrected chi connectivity index (χ3v) is 2.86. The standard InChI is InChI=1S/C16H12N2O3/c1-10(19)12-7-6-11(9-17)8-15(12)21-14-5-3-2-4-13(14)16(18)20/h2-8H,1H3,(H2,18,20). The second kappa shape index (κ2) is 5.88. The van der Waals surface area contributed by atoms with E-state index in [4.69, 9.17) is 15.7 Å². The molecule has 1 amide bonds. The number of ketones is 1. The van der Waals surface area contributed by atoms with E-state index in [-0.39, 0.29) is 22.8 Å². The van der Waals surface area contributed by atoms with Crippen molar-refractivity contribution >= 4 is 11.7 Å². The molecule has 0 unspecified atom stereocenters. The Morgan fingerprint density at radius 3 is 2.43 bits per heavy atom. The molecule has 0 saturated heterocycles. The van der Waals surface area contributed by atoms with Crippen LogP contribution in [0.2, 0.25) is 0 Å². The number of carbonyl (C=O) groups excluding carboxylic acids is 2. The first-order valence-electron chi connectivity index (χ1n) is 6.14. The normalized spacial score (nSPS) is 9.71. The minimum atomic E-state index is -0.633. The second-order valence-electron chi connectivity index (χ2n) is 4.34. The van der Waals surface area contributed by atoms with Gasteiger partial charge in [0, 0.05) is 0 Å². The van der Waals surface area contributed by atoms with Gasteiger partial charge in [0.25, 0.3) is 5.91 Å². The van der Waals surface area contributed by atoms with E-state index in [0.717, 1.165) is 0 Å². The van der Waals surface area contributed by atoms with E-state index in [9.17, 15) is 9.59 Å². The van der Waals surface area contributed by atoms with Crippen LogP contribution >= 0.6 is 0 Å². The summed E-state index contributed by atoms with van der Waals surface area (Å²) in [5.74, 6) is -0.379. The maximum absolute atomic E-state index is 11.6. The van der Waals surface area contributed by atoms with Crippen molar-refractivity contribution < 1.29 is 14.3 Å². The van der Waals surface area contributed by atoms with Gasteiger partial charge < -0.3 is 10.5 Å². The van der Waals surface area contributed by atoms with Gasteiger partial charge in [0.05, 0.1) is 22.8 Å². The molecule has 2 aromatic carbocycles. The van der Waals surface area contributed by atoms with Crippen molar-refractivity contribution in [3.8, 4) is 17.6 Å². The molecule has 0 aromatic heterocycles. The van der Waals surface area contributed by atoms with Gasteiger partial charge in [-0.05, 0) is 37.3 Å². The predicted octanol–water partition coefficient (Wildman–Crippen LogP) is 2.65.